The molecular formula is C11H19NO4. The Balaban J connectivity index is 4.12. The van der Waals surface area contributed by atoms with Crippen LogP contribution in [-0.2, 0) is 19.1 Å². The number of hydrogen-bond donors (Lipinski definition) is 1. The van der Waals surface area contributed by atoms with Gasteiger partial charge in [-0.2, -0.15) is 0 Å². The molecule has 0 heterocycles. The van der Waals surface area contributed by atoms with Crippen LogP contribution in [0.3, 0.4) is 0 Å². The molecule has 0 aromatic carbocycles. The highest BCUT2D eigenvalue weighted by Gasteiger charge is 2.21. The number of hydrogen-bond acceptors (Lipinski definition) is 4. The van der Waals surface area contributed by atoms with Crippen LogP contribution in [0.2, 0.25) is 0 Å². The first-order chi connectivity index (χ1) is 7.65. The third-order valence-corrected chi connectivity index (χ3v) is 1.75. The first-order valence-electron chi connectivity index (χ1n) is 5.36. The van der Waals surface area contributed by atoms with Crippen molar-refractivity contribution < 1.29 is 19.1 Å². The van der Waals surface area contributed by atoms with Gasteiger partial charge in [0.1, 0.15) is 0 Å². The summed E-state index contributed by atoms with van der Waals surface area (Å²) in [5.41, 5.74) is 0. The minimum absolute atomic E-state index is 0.310. The number of carbonyl (C=O) groups is 2. The zero-order valence-electron chi connectivity index (χ0n) is 9.82. The Bertz CT molecular complexity index is 240. The monoisotopic (exact) mass is 229 g/mol. The smallest absolute Gasteiger partial charge is 0.356 e. The molecule has 0 aromatic rings. The molecule has 0 saturated carbocycles. The molecule has 0 saturated heterocycles. The molecule has 0 spiro atoms. The van der Waals surface area contributed by atoms with Gasteiger partial charge >= 0.3 is 5.97 Å². The average Bonchev–Trinajstić information content (AvgIpc) is 2.28. The minimum Gasteiger partial charge on any atom is -0.462 e. The molecule has 92 valence electrons. The number of nitrogens with one attached hydrogen (secondary N) is 1. The molecule has 0 aliphatic heterocycles. The summed E-state index contributed by atoms with van der Waals surface area (Å²) in [5, 5.41) is 2.34. The van der Waals surface area contributed by atoms with E-state index in [4.69, 9.17) is 9.47 Å². The van der Waals surface area contributed by atoms with Crippen LogP contribution in [0.1, 0.15) is 26.7 Å². The maximum atomic E-state index is 11.5. The molecule has 0 radical (unpaired) electrons. The van der Waals surface area contributed by atoms with E-state index in [0.717, 1.165) is 18.9 Å². The molecule has 1 unspecified atom stereocenters. The highest BCUT2D eigenvalue weighted by molar-refractivity contribution is 5.90. The molecule has 1 atom stereocenters. The SMILES string of the molecule is C=CC(=O)NC(OCC)C(=O)OCCCC. The summed E-state index contributed by atoms with van der Waals surface area (Å²) in [6.45, 7) is 7.66. The van der Waals surface area contributed by atoms with Crippen LogP contribution >= 0.6 is 0 Å². The zero-order chi connectivity index (χ0) is 12.4. The first kappa shape index (κ1) is 14.6. The van der Waals surface area contributed by atoms with E-state index in [9.17, 15) is 9.59 Å². The van der Waals surface area contributed by atoms with Gasteiger partial charge in [-0.3, -0.25) is 4.79 Å². The Hall–Kier alpha value is -1.36. The van der Waals surface area contributed by atoms with Crippen molar-refractivity contribution in [2.24, 2.45) is 0 Å². The van der Waals surface area contributed by atoms with Crippen LogP contribution in [0.15, 0.2) is 12.7 Å². The van der Waals surface area contributed by atoms with Crippen LogP contribution in [0, 0.1) is 0 Å². The van der Waals surface area contributed by atoms with Gasteiger partial charge in [0.05, 0.1) is 6.61 Å². The van der Waals surface area contributed by atoms with Crippen molar-refractivity contribution in [1.29, 1.82) is 0 Å². The van der Waals surface area contributed by atoms with Crippen LogP contribution in [0.25, 0.3) is 0 Å². The van der Waals surface area contributed by atoms with Gasteiger partial charge < -0.3 is 14.8 Å². The van der Waals surface area contributed by atoms with E-state index in [-0.39, 0.29) is 0 Å². The van der Waals surface area contributed by atoms with E-state index in [1.807, 2.05) is 6.92 Å². The minimum atomic E-state index is -1.05. The van der Waals surface area contributed by atoms with Gasteiger partial charge in [-0.05, 0) is 19.4 Å². The molecule has 0 fully saturated rings. The average molecular weight is 229 g/mol. The van der Waals surface area contributed by atoms with Crippen molar-refractivity contribution in [3.05, 3.63) is 12.7 Å². The summed E-state index contributed by atoms with van der Waals surface area (Å²) in [6.07, 6.45) is 1.75. The molecule has 0 bridgehead atoms. The molecule has 5 nitrogen and oxygen atoms in total. The number of rotatable bonds is 8. The molecule has 16 heavy (non-hydrogen) atoms. The summed E-state index contributed by atoms with van der Waals surface area (Å²) >= 11 is 0. The number of ether oxygens (including phenoxy) is 2. The Morgan fingerprint density at radius 1 is 1.44 bits per heavy atom. The lowest BCUT2D eigenvalue weighted by atomic mass is 10.4. The maximum Gasteiger partial charge on any atom is 0.356 e. The van der Waals surface area contributed by atoms with Crippen LogP contribution in [-0.4, -0.2) is 31.3 Å². The maximum absolute atomic E-state index is 11.5. The predicted octanol–water partition coefficient (Wildman–Crippen LogP) is 0.994. The van der Waals surface area contributed by atoms with Crippen molar-refractivity contribution in [1.82, 2.24) is 5.32 Å². The quantitative estimate of drug-likeness (QED) is 0.292. The lowest BCUT2D eigenvalue weighted by Gasteiger charge is -2.16. The largest absolute Gasteiger partial charge is 0.462 e. The van der Waals surface area contributed by atoms with Gasteiger partial charge in [0, 0.05) is 6.61 Å². The van der Waals surface area contributed by atoms with Crippen molar-refractivity contribution in [3.63, 3.8) is 0 Å². The predicted molar refractivity (Wildman–Crippen MR) is 59.6 cm³/mol. The molecule has 5 heteroatoms. The number of esters is 1. The van der Waals surface area contributed by atoms with Gasteiger partial charge in [-0.25, -0.2) is 4.79 Å². The number of amides is 1. The molecule has 0 rings (SSSR count). The van der Waals surface area contributed by atoms with E-state index >= 15 is 0 Å². The van der Waals surface area contributed by atoms with Gasteiger partial charge in [-0.15, -0.1) is 0 Å². The highest BCUT2D eigenvalue weighted by Crippen LogP contribution is 1.95. The summed E-state index contributed by atoms with van der Waals surface area (Å²) in [5.74, 6) is -1.05. The fraction of sp³-hybridized carbons (Fsp3) is 0.636. The van der Waals surface area contributed by atoms with Gasteiger partial charge in [0.15, 0.2) is 0 Å². The molecule has 1 amide bonds. The first-order valence-corrected chi connectivity index (χ1v) is 5.36. The summed E-state index contributed by atoms with van der Waals surface area (Å²) < 4.78 is 9.98. The van der Waals surface area contributed by atoms with Gasteiger partial charge in [-0.1, -0.05) is 19.9 Å². The van der Waals surface area contributed by atoms with E-state index in [0.29, 0.717) is 13.2 Å². The Morgan fingerprint density at radius 2 is 2.12 bits per heavy atom. The Kier molecular flexibility index (Phi) is 8.15. The highest BCUT2D eigenvalue weighted by atomic mass is 16.6. The summed E-state index contributed by atoms with van der Waals surface area (Å²) in [6, 6.07) is 0. The van der Waals surface area contributed by atoms with Gasteiger partial charge in [0.25, 0.3) is 0 Å². The zero-order valence-corrected chi connectivity index (χ0v) is 9.82. The molecular weight excluding hydrogens is 210 g/mol. The van der Waals surface area contributed by atoms with E-state index in [2.05, 4.69) is 11.9 Å². The lowest BCUT2D eigenvalue weighted by Crippen LogP contribution is -2.43. The number of carbonyl (C=O) groups excluding carboxylic acids is 2. The second-order valence-electron chi connectivity index (χ2n) is 3.07. The van der Waals surface area contributed by atoms with Crippen LogP contribution in [0.4, 0.5) is 0 Å². The molecule has 0 aliphatic rings. The van der Waals surface area contributed by atoms with E-state index < -0.39 is 18.1 Å². The standard InChI is InChI=1S/C11H19NO4/c1-4-7-8-16-11(14)10(15-6-3)12-9(13)5-2/h5,10H,2,4,6-8H2,1,3H3,(H,12,13). The third-order valence-electron chi connectivity index (χ3n) is 1.75. The van der Waals surface area contributed by atoms with Crippen molar-refractivity contribution >= 4 is 11.9 Å². The second-order valence-corrected chi connectivity index (χ2v) is 3.07. The van der Waals surface area contributed by atoms with E-state index in [1.165, 1.54) is 0 Å². The fourth-order valence-electron chi connectivity index (χ4n) is 0.916. The van der Waals surface area contributed by atoms with Crippen molar-refractivity contribution in [2.45, 2.75) is 32.9 Å². The summed E-state index contributed by atoms with van der Waals surface area (Å²) in [4.78, 5) is 22.5. The Morgan fingerprint density at radius 3 is 2.62 bits per heavy atom. The molecule has 0 aromatic heterocycles. The summed E-state index contributed by atoms with van der Waals surface area (Å²) in [7, 11) is 0. The van der Waals surface area contributed by atoms with E-state index in [1.54, 1.807) is 6.92 Å². The normalized spacial score (nSPS) is 11.6. The second kappa shape index (κ2) is 8.91. The molecule has 1 N–H and O–H groups in total. The molecule has 0 aliphatic carbocycles. The van der Waals surface area contributed by atoms with Gasteiger partial charge in [0.2, 0.25) is 12.1 Å². The van der Waals surface area contributed by atoms with Crippen molar-refractivity contribution in [3.8, 4) is 0 Å². The topological polar surface area (TPSA) is 64.6 Å². The van der Waals surface area contributed by atoms with Crippen molar-refractivity contribution in [2.75, 3.05) is 13.2 Å². The van der Waals surface area contributed by atoms with Crippen LogP contribution in [0.5, 0.6) is 0 Å². The third kappa shape index (κ3) is 6.19. The number of unbranched alkanes of at least 4 members (excludes halogenated alkanes) is 1. The fourth-order valence-corrected chi connectivity index (χ4v) is 0.916. The Labute approximate surface area is 95.8 Å². The lowest BCUT2D eigenvalue weighted by molar-refractivity contribution is -0.161. The van der Waals surface area contributed by atoms with Crippen LogP contribution < -0.4 is 5.32 Å².